The van der Waals surface area contributed by atoms with E-state index in [0.29, 0.717) is 49.7 Å². The van der Waals surface area contributed by atoms with Crippen LogP contribution in [0.25, 0.3) is 0 Å². The van der Waals surface area contributed by atoms with E-state index in [2.05, 4.69) is 9.88 Å². The van der Waals surface area contributed by atoms with Crippen LogP contribution in [-0.2, 0) is 4.79 Å². The van der Waals surface area contributed by atoms with Gasteiger partial charge in [0.05, 0.1) is 17.4 Å². The Morgan fingerprint density at radius 2 is 1.78 bits per heavy atom. The number of piperidine rings is 1. The largest absolute Gasteiger partial charge is 0.415 e. The van der Waals surface area contributed by atoms with Crippen molar-refractivity contribution in [3.05, 3.63) is 89.0 Å². The van der Waals surface area contributed by atoms with Crippen molar-refractivity contribution < 1.29 is 18.7 Å². The molecule has 2 saturated heterocycles. The Morgan fingerprint density at radius 3 is 2.39 bits per heavy atom. The SMILES string of the molecule is CN(C(=O)Oc1ccc(F)cc1)[C@@]1(C)CN(C(=O)C2CCN(c3ccc(C#N)nc3)CC2)C[C@@H]1c1ccc(Cl)cc1. The molecule has 8 nitrogen and oxygen atoms in total. The van der Waals surface area contributed by atoms with Gasteiger partial charge in [-0.05, 0) is 73.9 Å². The standard InChI is InChI=1S/C31H31ClFN5O3/c1-31(36(2)30(40)41-27-11-7-24(33)8-12-27)20-38(19-28(31)21-3-5-23(32)6-4-21)29(39)22-13-15-37(16-14-22)26-10-9-25(17-34)35-18-26/h3-12,18,22,28H,13-16,19-20H2,1-2H3/t28-,31+/m1/s1. The molecule has 2 atom stereocenters. The van der Waals surface area contributed by atoms with Crippen LogP contribution >= 0.6 is 11.6 Å². The Morgan fingerprint density at radius 1 is 1.10 bits per heavy atom. The first-order valence-electron chi connectivity index (χ1n) is 13.5. The van der Waals surface area contributed by atoms with E-state index >= 15 is 0 Å². The Labute approximate surface area is 243 Å². The number of benzene rings is 2. The lowest BCUT2D eigenvalue weighted by Gasteiger charge is -2.39. The van der Waals surface area contributed by atoms with Crippen LogP contribution in [0.4, 0.5) is 14.9 Å². The molecular formula is C31H31ClFN5O3. The number of carbonyl (C=O) groups excluding carboxylic acids is 2. The molecule has 1 aromatic heterocycles. The highest BCUT2D eigenvalue weighted by molar-refractivity contribution is 6.30. The van der Waals surface area contributed by atoms with Crippen LogP contribution in [0.1, 0.15) is 36.9 Å². The average Bonchev–Trinajstić information content (AvgIpc) is 3.36. The first kappa shape index (κ1) is 28.4. The van der Waals surface area contributed by atoms with Crippen molar-refractivity contribution in [2.24, 2.45) is 5.92 Å². The molecular weight excluding hydrogens is 545 g/mol. The number of pyridine rings is 1. The smallest absolute Gasteiger partial charge is 0.410 e. The molecule has 2 aliphatic heterocycles. The Hall–Kier alpha value is -4.16. The summed E-state index contributed by atoms with van der Waals surface area (Å²) in [6.45, 7) is 4.17. The van der Waals surface area contributed by atoms with E-state index in [4.69, 9.17) is 21.6 Å². The lowest BCUT2D eigenvalue weighted by Crippen LogP contribution is -2.53. The van der Waals surface area contributed by atoms with Crippen molar-refractivity contribution in [1.29, 1.82) is 5.26 Å². The van der Waals surface area contributed by atoms with Gasteiger partial charge in [-0.3, -0.25) is 4.79 Å². The van der Waals surface area contributed by atoms with E-state index in [-0.39, 0.29) is 23.5 Å². The quantitative estimate of drug-likeness (QED) is 0.400. The summed E-state index contributed by atoms with van der Waals surface area (Å²) in [7, 11) is 1.67. The average molecular weight is 576 g/mol. The van der Waals surface area contributed by atoms with Crippen molar-refractivity contribution in [2.75, 3.05) is 38.1 Å². The molecule has 3 aromatic rings. The summed E-state index contributed by atoms with van der Waals surface area (Å²) >= 11 is 6.16. The van der Waals surface area contributed by atoms with Crippen LogP contribution in [0, 0.1) is 23.1 Å². The Balaban J connectivity index is 1.31. The molecule has 41 heavy (non-hydrogen) atoms. The number of rotatable bonds is 5. The van der Waals surface area contributed by atoms with Gasteiger partial charge in [0.2, 0.25) is 5.91 Å². The number of anilines is 1. The third-order valence-electron chi connectivity index (χ3n) is 8.38. The molecule has 0 unspecified atom stereocenters. The second-order valence-electron chi connectivity index (χ2n) is 10.8. The summed E-state index contributed by atoms with van der Waals surface area (Å²) in [6, 6.07) is 18.4. The van der Waals surface area contributed by atoms with Crippen LogP contribution in [0.5, 0.6) is 5.75 Å². The van der Waals surface area contributed by atoms with Crippen molar-refractivity contribution >= 4 is 29.3 Å². The van der Waals surface area contributed by atoms with Crippen LogP contribution in [0.15, 0.2) is 66.9 Å². The maximum atomic E-state index is 13.8. The summed E-state index contributed by atoms with van der Waals surface area (Å²) in [5.41, 5.74) is 1.51. The molecule has 2 fully saturated rings. The number of halogens is 2. The van der Waals surface area contributed by atoms with Gasteiger partial charge in [0, 0.05) is 50.1 Å². The van der Waals surface area contributed by atoms with Gasteiger partial charge in [-0.1, -0.05) is 23.7 Å². The highest BCUT2D eigenvalue weighted by Gasteiger charge is 2.51. The molecule has 212 valence electrons. The molecule has 0 bridgehead atoms. The van der Waals surface area contributed by atoms with Crippen molar-refractivity contribution in [3.63, 3.8) is 0 Å². The fourth-order valence-electron chi connectivity index (χ4n) is 5.81. The van der Waals surface area contributed by atoms with E-state index in [0.717, 1.165) is 11.3 Å². The van der Waals surface area contributed by atoms with Crippen LogP contribution in [-0.4, -0.2) is 65.5 Å². The van der Waals surface area contributed by atoms with Crippen molar-refractivity contribution in [2.45, 2.75) is 31.2 Å². The Kier molecular flexibility index (Phi) is 8.13. The molecule has 2 aromatic carbocycles. The lowest BCUT2D eigenvalue weighted by molar-refractivity contribution is -0.135. The summed E-state index contributed by atoms with van der Waals surface area (Å²) in [4.78, 5) is 36.9. The number of carbonyl (C=O) groups is 2. The molecule has 5 rings (SSSR count). The van der Waals surface area contributed by atoms with E-state index in [1.807, 2.05) is 48.2 Å². The molecule has 0 spiro atoms. The van der Waals surface area contributed by atoms with Gasteiger partial charge in [0.15, 0.2) is 0 Å². The third-order valence-corrected chi connectivity index (χ3v) is 8.63. The monoisotopic (exact) mass is 575 g/mol. The maximum absolute atomic E-state index is 13.8. The van der Waals surface area contributed by atoms with Crippen molar-refractivity contribution in [3.8, 4) is 11.8 Å². The van der Waals surface area contributed by atoms with Gasteiger partial charge in [0.25, 0.3) is 0 Å². The zero-order valence-electron chi connectivity index (χ0n) is 23.0. The third kappa shape index (κ3) is 5.98. The van der Waals surface area contributed by atoms with Gasteiger partial charge in [0.1, 0.15) is 23.3 Å². The second-order valence-corrected chi connectivity index (χ2v) is 11.3. The molecule has 2 amide bonds. The highest BCUT2D eigenvalue weighted by atomic mass is 35.5. The number of likely N-dealkylation sites (tertiary alicyclic amines) is 1. The van der Waals surface area contributed by atoms with Gasteiger partial charge in [-0.15, -0.1) is 0 Å². The normalized spacial score (nSPS) is 20.9. The summed E-state index contributed by atoms with van der Waals surface area (Å²) in [6.07, 6.45) is 2.50. The number of nitrogens with zero attached hydrogens (tertiary/aromatic N) is 5. The van der Waals surface area contributed by atoms with Crippen molar-refractivity contribution in [1.82, 2.24) is 14.8 Å². The number of hydrogen-bond acceptors (Lipinski definition) is 6. The first-order valence-corrected chi connectivity index (χ1v) is 13.9. The zero-order chi connectivity index (χ0) is 29.1. The second kappa shape index (κ2) is 11.8. The molecule has 2 aliphatic rings. The number of likely N-dealkylation sites (N-methyl/N-ethyl adjacent to an activating group) is 1. The number of amides is 2. The number of ether oxygens (including phenoxy) is 1. The van der Waals surface area contributed by atoms with Gasteiger partial charge >= 0.3 is 6.09 Å². The predicted molar refractivity (Wildman–Crippen MR) is 153 cm³/mol. The van der Waals surface area contributed by atoms with Gasteiger partial charge in [-0.25, -0.2) is 14.2 Å². The summed E-state index contributed by atoms with van der Waals surface area (Å²) in [5, 5.41) is 9.61. The number of nitriles is 1. The summed E-state index contributed by atoms with van der Waals surface area (Å²) < 4.78 is 18.9. The zero-order valence-corrected chi connectivity index (χ0v) is 23.7. The number of hydrogen-bond donors (Lipinski definition) is 0. The molecule has 0 N–H and O–H groups in total. The molecule has 10 heteroatoms. The first-order chi connectivity index (χ1) is 19.7. The van der Waals surface area contributed by atoms with E-state index in [1.165, 1.54) is 24.3 Å². The van der Waals surface area contributed by atoms with Gasteiger partial charge in [-0.2, -0.15) is 5.26 Å². The number of aromatic nitrogens is 1. The fraction of sp³-hybridized carbons (Fsp3) is 0.355. The minimum atomic E-state index is -0.768. The van der Waals surface area contributed by atoms with Crippen LogP contribution in [0.3, 0.4) is 0 Å². The van der Waals surface area contributed by atoms with E-state index < -0.39 is 17.4 Å². The summed E-state index contributed by atoms with van der Waals surface area (Å²) in [5.74, 6) is -0.422. The highest BCUT2D eigenvalue weighted by Crippen LogP contribution is 2.41. The molecule has 3 heterocycles. The Bertz CT molecular complexity index is 1440. The predicted octanol–water partition coefficient (Wildman–Crippen LogP) is 5.48. The topological polar surface area (TPSA) is 89.8 Å². The minimum Gasteiger partial charge on any atom is -0.410 e. The minimum absolute atomic E-state index is 0.0746. The molecule has 0 aliphatic carbocycles. The van der Waals surface area contributed by atoms with Gasteiger partial charge < -0.3 is 19.4 Å². The molecule has 0 radical (unpaired) electrons. The lowest BCUT2D eigenvalue weighted by atomic mass is 9.82. The van der Waals surface area contributed by atoms with E-state index in [9.17, 15) is 14.0 Å². The molecule has 0 saturated carbocycles. The van der Waals surface area contributed by atoms with E-state index in [1.54, 1.807) is 24.2 Å². The maximum Gasteiger partial charge on any atom is 0.415 e. The van der Waals surface area contributed by atoms with Crippen LogP contribution < -0.4 is 9.64 Å². The fourth-order valence-corrected chi connectivity index (χ4v) is 5.93. The van der Waals surface area contributed by atoms with Crippen LogP contribution in [0.2, 0.25) is 5.02 Å².